The molecular weight excluding hydrogens is 790 g/mol. The minimum absolute atomic E-state index is 0.00637. The number of hydrogen-bond donors (Lipinski definition) is 3. The summed E-state index contributed by atoms with van der Waals surface area (Å²) in [5, 5.41) is 24.2. The lowest BCUT2D eigenvalue weighted by molar-refractivity contribution is -0.147. The van der Waals surface area contributed by atoms with E-state index in [4.69, 9.17) is 14.9 Å². The Hall–Kier alpha value is -5.56. The van der Waals surface area contributed by atoms with Crippen molar-refractivity contribution in [2.75, 3.05) is 19.0 Å². The van der Waals surface area contributed by atoms with Crippen LogP contribution in [0.25, 0.3) is 0 Å². The number of aliphatic hydroxyl groups is 2. The summed E-state index contributed by atoms with van der Waals surface area (Å²) in [4.78, 5) is 47.6. The predicted octanol–water partition coefficient (Wildman–Crippen LogP) is 8.76. The van der Waals surface area contributed by atoms with E-state index in [1.54, 1.807) is 25.9 Å². The van der Waals surface area contributed by atoms with E-state index in [0.717, 1.165) is 16.7 Å². The Morgan fingerprint density at radius 2 is 1.43 bits per heavy atom. The SMILES string of the molecule is CN(C)[C@@H]1C(O)=C(C(N)=O)C(=O)C2(O[Si](C)(C)C(C)(C)C)C(O)=C3C(=O)c4c(c(F)cc(N(Cc5ccccc5)Cc5ccccc5)c4OCc4ccccc4)C[C@@]3(C)C[C@@H]12. The molecule has 10 nitrogen and oxygen atoms in total. The van der Waals surface area contributed by atoms with E-state index in [2.05, 4.69) is 0 Å². The Bertz CT molecular complexity index is 2390. The van der Waals surface area contributed by atoms with Crippen LogP contribution in [-0.2, 0) is 40.1 Å². The van der Waals surface area contributed by atoms with Crippen LogP contribution in [0.4, 0.5) is 10.1 Å². The number of halogens is 1. The maximum atomic E-state index is 17.3. The summed E-state index contributed by atoms with van der Waals surface area (Å²) in [5.41, 5.74) is 4.59. The molecule has 0 aliphatic heterocycles. The standard InChI is InChI=1S/C49H56FN3O7Si/c1-47(2,3)61(7,8)60-49-34(40(52(5)6)42(55)38(44(49)56)46(51)58)26-48(4)25-33-35(50)24-36(53(27-30-18-12-9-13-19-30)28-31-20-14-10-15-21-31)43(37(33)41(54)39(48)45(49)57)59-29-32-22-16-11-17-23-32/h9-24,34,40,55,57H,25-29H2,1-8H3,(H2,51,58)/t34-,40-,48-,49?/m0/s1. The van der Waals surface area contributed by atoms with Gasteiger partial charge in [0.15, 0.2) is 25.5 Å². The van der Waals surface area contributed by atoms with Gasteiger partial charge in [0.1, 0.15) is 29.5 Å². The molecule has 4 atom stereocenters. The topological polar surface area (TPSA) is 143 Å². The number of carbonyl (C=O) groups is 3. The molecule has 0 aromatic heterocycles. The number of allylic oxidation sites excluding steroid dienone is 1. The molecule has 0 saturated carbocycles. The normalized spacial score (nSPS) is 22.8. The number of Topliss-reactive ketones (excluding diaryl/α,β-unsaturated/α-hetero) is 2. The van der Waals surface area contributed by atoms with Gasteiger partial charge in [-0.25, -0.2) is 4.39 Å². The lowest BCUT2D eigenvalue weighted by atomic mass is 9.53. The number of ketones is 2. The molecule has 0 saturated heterocycles. The minimum Gasteiger partial charge on any atom is -0.510 e. The molecule has 61 heavy (non-hydrogen) atoms. The van der Waals surface area contributed by atoms with Crippen LogP contribution in [0.5, 0.6) is 5.75 Å². The summed E-state index contributed by atoms with van der Waals surface area (Å²) in [6, 6.07) is 29.3. The van der Waals surface area contributed by atoms with Crippen LogP contribution >= 0.6 is 0 Å². The largest absolute Gasteiger partial charge is 0.510 e. The first-order valence-electron chi connectivity index (χ1n) is 20.7. The summed E-state index contributed by atoms with van der Waals surface area (Å²) in [6.07, 6.45) is -0.0424. The number of benzene rings is 4. The van der Waals surface area contributed by atoms with Crippen LogP contribution < -0.4 is 15.4 Å². The lowest BCUT2D eigenvalue weighted by Crippen LogP contribution is -2.69. The molecule has 1 amide bonds. The molecule has 4 N–H and O–H groups in total. The van der Waals surface area contributed by atoms with Crippen LogP contribution in [0.2, 0.25) is 18.1 Å². The molecule has 0 fully saturated rings. The van der Waals surface area contributed by atoms with Gasteiger partial charge in [-0.1, -0.05) is 119 Å². The van der Waals surface area contributed by atoms with Crippen molar-refractivity contribution in [1.82, 2.24) is 4.90 Å². The van der Waals surface area contributed by atoms with E-state index in [1.807, 2.05) is 130 Å². The van der Waals surface area contributed by atoms with Crippen molar-refractivity contribution < 1.29 is 38.1 Å². The Labute approximate surface area is 358 Å². The Balaban J connectivity index is 1.51. The highest BCUT2D eigenvalue weighted by Crippen LogP contribution is 2.61. The summed E-state index contributed by atoms with van der Waals surface area (Å²) in [6.45, 7) is 12.2. The second-order valence-electron chi connectivity index (χ2n) is 18.7. The highest BCUT2D eigenvalue weighted by Gasteiger charge is 2.68. The quantitative estimate of drug-likeness (QED) is 0.0943. The maximum absolute atomic E-state index is 17.3. The van der Waals surface area contributed by atoms with Crippen LogP contribution in [-0.4, -0.2) is 66.6 Å². The van der Waals surface area contributed by atoms with Crippen molar-refractivity contribution in [3.05, 3.63) is 153 Å². The molecule has 320 valence electrons. The minimum atomic E-state index is -3.08. The fourth-order valence-electron chi connectivity index (χ4n) is 9.27. The van der Waals surface area contributed by atoms with E-state index in [9.17, 15) is 15.0 Å². The first kappa shape index (κ1) is 43.5. The Morgan fingerprint density at radius 3 is 1.92 bits per heavy atom. The maximum Gasteiger partial charge on any atom is 0.255 e. The molecule has 12 heteroatoms. The molecule has 3 aliphatic rings. The summed E-state index contributed by atoms with van der Waals surface area (Å²) in [5.74, 6) is -5.58. The third kappa shape index (κ3) is 7.59. The third-order valence-electron chi connectivity index (χ3n) is 13.2. The average molecular weight is 846 g/mol. The highest BCUT2D eigenvalue weighted by molar-refractivity contribution is 6.74. The number of fused-ring (bicyclic) bond motifs is 3. The zero-order valence-corrected chi connectivity index (χ0v) is 37.2. The number of likely N-dealkylation sites (N-methyl/N-ethyl adjacent to an activating group) is 1. The summed E-state index contributed by atoms with van der Waals surface area (Å²) in [7, 11) is 0.283. The molecule has 0 heterocycles. The zero-order chi connectivity index (χ0) is 44.2. The lowest BCUT2D eigenvalue weighted by Gasteiger charge is -2.57. The van der Waals surface area contributed by atoms with Crippen LogP contribution in [0.15, 0.2) is 120 Å². The first-order chi connectivity index (χ1) is 28.7. The number of carbonyl (C=O) groups excluding carboxylic acids is 3. The average Bonchev–Trinajstić information content (AvgIpc) is 3.19. The Morgan fingerprint density at radius 1 is 0.902 bits per heavy atom. The van der Waals surface area contributed by atoms with Gasteiger partial charge in [-0.05, 0) is 61.8 Å². The van der Waals surface area contributed by atoms with Crippen LogP contribution in [0, 0.1) is 17.2 Å². The van der Waals surface area contributed by atoms with Crippen molar-refractivity contribution in [3.63, 3.8) is 0 Å². The number of rotatable bonds is 12. The monoisotopic (exact) mass is 845 g/mol. The van der Waals surface area contributed by atoms with Gasteiger partial charge in [0.2, 0.25) is 5.78 Å². The first-order valence-corrected chi connectivity index (χ1v) is 23.6. The molecule has 7 rings (SSSR count). The van der Waals surface area contributed by atoms with E-state index >= 15 is 14.0 Å². The van der Waals surface area contributed by atoms with Crippen molar-refractivity contribution in [2.45, 2.75) is 90.0 Å². The molecule has 4 aromatic carbocycles. The van der Waals surface area contributed by atoms with E-state index < -0.39 is 76.7 Å². The van der Waals surface area contributed by atoms with Gasteiger partial charge in [0.25, 0.3) is 5.91 Å². The van der Waals surface area contributed by atoms with Gasteiger partial charge in [-0.2, -0.15) is 0 Å². The highest BCUT2D eigenvalue weighted by atomic mass is 28.4. The summed E-state index contributed by atoms with van der Waals surface area (Å²) < 4.78 is 31.0. The van der Waals surface area contributed by atoms with Crippen molar-refractivity contribution in [2.24, 2.45) is 17.1 Å². The van der Waals surface area contributed by atoms with Crippen molar-refractivity contribution in [1.29, 1.82) is 0 Å². The van der Waals surface area contributed by atoms with Gasteiger partial charge in [-0.15, -0.1) is 0 Å². The molecule has 0 bridgehead atoms. The number of nitrogens with two attached hydrogens (primary N) is 1. The second-order valence-corrected chi connectivity index (χ2v) is 23.4. The number of hydrogen-bond acceptors (Lipinski definition) is 9. The van der Waals surface area contributed by atoms with Crippen LogP contribution in [0.1, 0.15) is 66.7 Å². The second kappa shape index (κ2) is 16.0. The number of nitrogens with zero attached hydrogens (tertiary/aromatic N) is 2. The fourth-order valence-corrected chi connectivity index (χ4v) is 10.7. The molecule has 4 aromatic rings. The molecule has 0 spiro atoms. The fraction of sp³-hybridized carbons (Fsp3) is 0.367. The summed E-state index contributed by atoms with van der Waals surface area (Å²) >= 11 is 0. The zero-order valence-electron chi connectivity index (χ0n) is 36.2. The van der Waals surface area contributed by atoms with Crippen LogP contribution in [0.3, 0.4) is 0 Å². The number of primary amides is 1. The van der Waals surface area contributed by atoms with Gasteiger partial charge in [0, 0.05) is 41.6 Å². The van der Waals surface area contributed by atoms with Gasteiger partial charge < -0.3 is 30.0 Å². The smallest absolute Gasteiger partial charge is 0.255 e. The van der Waals surface area contributed by atoms with Crippen molar-refractivity contribution in [3.8, 4) is 5.75 Å². The van der Waals surface area contributed by atoms with Gasteiger partial charge in [0.05, 0.1) is 17.3 Å². The molecule has 1 unspecified atom stereocenters. The molecular formula is C49H56FN3O7Si. The molecule has 0 radical (unpaired) electrons. The van der Waals surface area contributed by atoms with E-state index in [-0.39, 0.29) is 41.9 Å². The predicted molar refractivity (Wildman–Crippen MR) is 236 cm³/mol. The number of anilines is 1. The Kier molecular flexibility index (Phi) is 11.4. The van der Waals surface area contributed by atoms with E-state index in [0.29, 0.717) is 18.8 Å². The number of aliphatic hydroxyl groups excluding tert-OH is 2. The number of ether oxygens (including phenoxy) is 1. The number of amides is 1. The third-order valence-corrected chi connectivity index (χ3v) is 17.7. The molecule has 3 aliphatic carbocycles. The van der Waals surface area contributed by atoms with Gasteiger partial charge >= 0.3 is 0 Å². The van der Waals surface area contributed by atoms with Gasteiger partial charge in [-0.3, -0.25) is 19.3 Å². The van der Waals surface area contributed by atoms with Crippen molar-refractivity contribution >= 4 is 31.5 Å². The van der Waals surface area contributed by atoms with E-state index in [1.165, 1.54) is 6.07 Å².